The van der Waals surface area contributed by atoms with Gasteiger partial charge in [-0.05, 0) is 42.3 Å². The summed E-state index contributed by atoms with van der Waals surface area (Å²) < 4.78 is 11.0. The smallest absolute Gasteiger partial charge is 0.330 e. The van der Waals surface area contributed by atoms with Gasteiger partial charge in [0.2, 0.25) is 5.91 Å². The fourth-order valence-electron chi connectivity index (χ4n) is 3.55. The van der Waals surface area contributed by atoms with Crippen molar-refractivity contribution in [2.24, 2.45) is 0 Å². The number of nitrogens with zero attached hydrogens (tertiary/aromatic N) is 1. The first kappa shape index (κ1) is 18.8. The average Bonchev–Trinajstić information content (AvgIpc) is 3.17. The van der Waals surface area contributed by atoms with E-state index in [9.17, 15) is 19.5 Å². The predicted octanol–water partition coefficient (Wildman–Crippen LogP) is 1.68. The molecule has 2 atom stereocenters. The van der Waals surface area contributed by atoms with Crippen LogP contribution in [-0.2, 0) is 20.8 Å². The van der Waals surface area contributed by atoms with E-state index in [1.165, 1.54) is 4.90 Å². The van der Waals surface area contributed by atoms with Crippen molar-refractivity contribution in [2.45, 2.75) is 25.5 Å². The lowest BCUT2D eigenvalue weighted by atomic mass is 10.0. The summed E-state index contributed by atoms with van der Waals surface area (Å²) in [5.74, 6) is -0.888. The minimum Gasteiger partial charge on any atom is -0.493 e. The molecule has 2 N–H and O–H groups in total. The van der Waals surface area contributed by atoms with Crippen LogP contribution in [0.3, 0.4) is 0 Å². The predicted molar refractivity (Wildman–Crippen MR) is 103 cm³/mol. The first-order valence-corrected chi connectivity index (χ1v) is 9.29. The molecule has 0 bridgehead atoms. The highest BCUT2D eigenvalue weighted by Crippen LogP contribution is 2.33. The lowest BCUT2D eigenvalue weighted by Gasteiger charge is -2.32. The standard InChI is InChI=1S/C21H20N2O6/c1-12-20(25)23(15-4-2-3-5-17(15)29-12)11-18(24)22-19(21(26)27)14-6-7-16-13(10-14)8-9-28-16/h2-7,10,12,19H,8-9,11H2,1H3,(H,22,24)(H,26,27). The molecule has 2 aliphatic heterocycles. The van der Waals surface area contributed by atoms with Gasteiger partial charge in [-0.25, -0.2) is 4.79 Å². The molecule has 0 fully saturated rings. The number of carboxylic acid groups (broad SMARTS) is 1. The third-order valence-electron chi connectivity index (χ3n) is 4.97. The molecule has 29 heavy (non-hydrogen) atoms. The van der Waals surface area contributed by atoms with Gasteiger partial charge < -0.3 is 19.9 Å². The number of aliphatic carboxylic acids is 1. The van der Waals surface area contributed by atoms with Crippen molar-refractivity contribution in [2.75, 3.05) is 18.1 Å². The normalized spacial score (nSPS) is 18.2. The summed E-state index contributed by atoms with van der Waals surface area (Å²) in [5.41, 5.74) is 1.85. The van der Waals surface area contributed by atoms with Crippen molar-refractivity contribution in [3.8, 4) is 11.5 Å². The summed E-state index contributed by atoms with van der Waals surface area (Å²) in [6.45, 7) is 1.86. The molecule has 0 saturated carbocycles. The van der Waals surface area contributed by atoms with E-state index in [0.29, 0.717) is 30.0 Å². The summed E-state index contributed by atoms with van der Waals surface area (Å²) >= 11 is 0. The monoisotopic (exact) mass is 396 g/mol. The van der Waals surface area contributed by atoms with Gasteiger partial charge in [-0.15, -0.1) is 0 Å². The zero-order valence-electron chi connectivity index (χ0n) is 15.8. The molecule has 0 saturated heterocycles. The Balaban J connectivity index is 1.53. The zero-order valence-corrected chi connectivity index (χ0v) is 15.8. The van der Waals surface area contributed by atoms with Gasteiger partial charge in [-0.3, -0.25) is 14.5 Å². The van der Waals surface area contributed by atoms with Gasteiger partial charge in [-0.1, -0.05) is 18.2 Å². The summed E-state index contributed by atoms with van der Waals surface area (Å²) in [6.07, 6.45) is -0.0369. The molecule has 8 nitrogen and oxygen atoms in total. The number of carboxylic acids is 1. The van der Waals surface area contributed by atoms with Crippen LogP contribution in [0.15, 0.2) is 42.5 Å². The van der Waals surface area contributed by atoms with Crippen molar-refractivity contribution in [1.82, 2.24) is 5.32 Å². The second-order valence-electron chi connectivity index (χ2n) is 6.96. The summed E-state index contributed by atoms with van der Waals surface area (Å²) in [6, 6.07) is 10.8. The van der Waals surface area contributed by atoms with Crippen LogP contribution in [0.1, 0.15) is 24.1 Å². The van der Waals surface area contributed by atoms with Crippen molar-refractivity contribution in [3.63, 3.8) is 0 Å². The average molecular weight is 396 g/mol. The Morgan fingerprint density at radius 3 is 2.83 bits per heavy atom. The lowest BCUT2D eigenvalue weighted by Crippen LogP contribution is -2.49. The molecule has 150 valence electrons. The molecule has 8 heteroatoms. The quantitative estimate of drug-likeness (QED) is 0.797. The summed E-state index contributed by atoms with van der Waals surface area (Å²) in [7, 11) is 0. The number of benzene rings is 2. The molecule has 0 radical (unpaired) electrons. The zero-order chi connectivity index (χ0) is 20.5. The second kappa shape index (κ2) is 7.46. The lowest BCUT2D eigenvalue weighted by molar-refractivity contribution is -0.141. The Labute approximate surface area is 167 Å². The largest absolute Gasteiger partial charge is 0.493 e. The Hall–Kier alpha value is -3.55. The number of hydrogen-bond acceptors (Lipinski definition) is 5. The van der Waals surface area contributed by atoms with Crippen molar-refractivity contribution < 1.29 is 29.0 Å². The maximum atomic E-state index is 12.7. The topological polar surface area (TPSA) is 105 Å². The van der Waals surface area contributed by atoms with E-state index in [1.54, 1.807) is 49.4 Å². The van der Waals surface area contributed by atoms with Gasteiger partial charge in [0.15, 0.2) is 12.1 Å². The highest BCUT2D eigenvalue weighted by atomic mass is 16.5. The minimum absolute atomic E-state index is 0.304. The third kappa shape index (κ3) is 3.61. The van der Waals surface area contributed by atoms with Crippen LogP contribution in [0.25, 0.3) is 0 Å². The molecule has 2 aromatic rings. The van der Waals surface area contributed by atoms with Crippen LogP contribution in [-0.4, -0.2) is 42.1 Å². The molecule has 2 unspecified atom stereocenters. The molecule has 2 amide bonds. The molecule has 0 aliphatic carbocycles. The van der Waals surface area contributed by atoms with E-state index in [0.717, 1.165) is 11.3 Å². The fraction of sp³-hybridized carbons (Fsp3) is 0.286. The van der Waals surface area contributed by atoms with Gasteiger partial charge in [0.05, 0.1) is 12.3 Å². The van der Waals surface area contributed by atoms with Crippen LogP contribution in [0.2, 0.25) is 0 Å². The Kier molecular flexibility index (Phi) is 4.84. The second-order valence-corrected chi connectivity index (χ2v) is 6.96. The van der Waals surface area contributed by atoms with Crippen molar-refractivity contribution >= 4 is 23.5 Å². The van der Waals surface area contributed by atoms with E-state index in [1.807, 2.05) is 0 Å². The number of amides is 2. The van der Waals surface area contributed by atoms with Crippen LogP contribution in [0.5, 0.6) is 11.5 Å². The highest BCUT2D eigenvalue weighted by molar-refractivity contribution is 6.04. The third-order valence-corrected chi connectivity index (χ3v) is 4.97. The van der Waals surface area contributed by atoms with Crippen molar-refractivity contribution in [3.05, 3.63) is 53.6 Å². The molecule has 0 aromatic heterocycles. The molecular weight excluding hydrogens is 376 g/mol. The SMILES string of the molecule is CC1Oc2ccccc2N(CC(=O)NC(C(=O)O)c2ccc3c(c2)CCO3)C1=O. The van der Waals surface area contributed by atoms with Crippen LogP contribution in [0.4, 0.5) is 5.69 Å². The van der Waals surface area contributed by atoms with E-state index in [2.05, 4.69) is 5.32 Å². The summed E-state index contributed by atoms with van der Waals surface area (Å²) in [5, 5.41) is 12.2. The number of anilines is 1. The number of ether oxygens (including phenoxy) is 2. The van der Waals surface area contributed by atoms with E-state index in [4.69, 9.17) is 9.47 Å². The maximum Gasteiger partial charge on any atom is 0.330 e. The molecule has 2 aliphatic rings. The van der Waals surface area contributed by atoms with Gasteiger partial charge in [0.25, 0.3) is 5.91 Å². The Bertz CT molecular complexity index is 989. The number of fused-ring (bicyclic) bond motifs is 2. The van der Waals surface area contributed by atoms with Crippen LogP contribution < -0.4 is 19.7 Å². The Morgan fingerprint density at radius 2 is 2.03 bits per heavy atom. The van der Waals surface area contributed by atoms with E-state index >= 15 is 0 Å². The fourth-order valence-corrected chi connectivity index (χ4v) is 3.55. The highest BCUT2D eigenvalue weighted by Gasteiger charge is 2.33. The molecule has 2 heterocycles. The Morgan fingerprint density at radius 1 is 1.24 bits per heavy atom. The van der Waals surface area contributed by atoms with Crippen molar-refractivity contribution in [1.29, 1.82) is 0 Å². The number of carbonyl (C=O) groups excluding carboxylic acids is 2. The number of rotatable bonds is 5. The van der Waals surface area contributed by atoms with Gasteiger partial charge >= 0.3 is 5.97 Å². The molecule has 4 rings (SSSR count). The van der Waals surface area contributed by atoms with Gasteiger partial charge in [-0.2, -0.15) is 0 Å². The first-order valence-electron chi connectivity index (χ1n) is 9.29. The first-order chi connectivity index (χ1) is 13.9. The van der Waals surface area contributed by atoms with Crippen LogP contribution >= 0.6 is 0 Å². The minimum atomic E-state index is -1.22. The number of nitrogens with one attached hydrogen (secondary N) is 1. The van der Waals surface area contributed by atoms with E-state index < -0.39 is 24.0 Å². The maximum absolute atomic E-state index is 12.7. The summed E-state index contributed by atoms with van der Waals surface area (Å²) in [4.78, 5) is 38.3. The van der Waals surface area contributed by atoms with Gasteiger partial charge in [0.1, 0.15) is 18.0 Å². The molecule has 2 aromatic carbocycles. The number of para-hydroxylation sites is 2. The van der Waals surface area contributed by atoms with E-state index in [-0.39, 0.29) is 12.5 Å². The van der Waals surface area contributed by atoms with Gasteiger partial charge in [0, 0.05) is 6.42 Å². The van der Waals surface area contributed by atoms with Crippen LogP contribution in [0, 0.1) is 0 Å². The molecular formula is C21H20N2O6. The number of hydrogen-bond donors (Lipinski definition) is 2. The molecule has 0 spiro atoms. The number of carbonyl (C=O) groups is 3.